The third kappa shape index (κ3) is 2.69. The summed E-state index contributed by atoms with van der Waals surface area (Å²) in [6.45, 7) is 4.96. The van der Waals surface area contributed by atoms with Gasteiger partial charge >= 0.3 is 5.97 Å². The van der Waals surface area contributed by atoms with Crippen molar-refractivity contribution in [3.8, 4) is 0 Å². The Hall–Kier alpha value is -1.93. The van der Waals surface area contributed by atoms with Crippen LogP contribution in [0.25, 0.3) is 10.9 Å². The first kappa shape index (κ1) is 16.9. The first-order valence-corrected chi connectivity index (χ1v) is 9.40. The summed E-state index contributed by atoms with van der Waals surface area (Å²) >= 11 is 0. The zero-order valence-corrected chi connectivity index (χ0v) is 14.8. The van der Waals surface area contributed by atoms with Crippen molar-refractivity contribution in [2.75, 3.05) is 20.2 Å². The third-order valence-electron chi connectivity index (χ3n) is 4.34. The Morgan fingerprint density at radius 3 is 2.54 bits per heavy atom. The Labute approximate surface area is 141 Å². The number of sulfonamides is 1. The molecule has 1 aromatic heterocycles. The molecule has 0 spiro atoms. The minimum absolute atomic E-state index is 0.0825. The number of methoxy groups -OCH3 is 1. The smallest absolute Gasteiger partial charge is 0.338 e. The maximum Gasteiger partial charge on any atom is 0.338 e. The highest BCUT2D eigenvalue weighted by Gasteiger charge is 2.30. The predicted molar refractivity (Wildman–Crippen MR) is 89.5 cm³/mol. The molecule has 8 heteroatoms. The standard InChI is InChI=1S/C16H21N3O4S/c1-10(2)15-14-12(16(20)23-3)8-11(9-13(14)17-18-15)24(21,22)19-6-4-5-7-19/h8-10H,4-7H2,1-3H3,(H,17,18). The van der Waals surface area contributed by atoms with Gasteiger partial charge in [0, 0.05) is 24.2 Å². The normalized spacial score (nSPS) is 16.2. The zero-order valence-electron chi connectivity index (χ0n) is 14.0. The molecule has 3 rings (SSSR count). The number of ether oxygens (including phenoxy) is 1. The summed E-state index contributed by atoms with van der Waals surface area (Å²) in [4.78, 5) is 12.3. The van der Waals surface area contributed by atoms with E-state index < -0.39 is 16.0 Å². The van der Waals surface area contributed by atoms with Crippen LogP contribution in [0.15, 0.2) is 17.0 Å². The van der Waals surface area contributed by atoms with E-state index in [0.29, 0.717) is 24.0 Å². The molecule has 0 saturated carbocycles. The van der Waals surface area contributed by atoms with Gasteiger partial charge in [-0.2, -0.15) is 9.40 Å². The van der Waals surface area contributed by atoms with Crippen LogP contribution in [0.1, 0.15) is 48.7 Å². The lowest BCUT2D eigenvalue weighted by molar-refractivity contribution is 0.0602. The number of hydrogen-bond acceptors (Lipinski definition) is 5. The lowest BCUT2D eigenvalue weighted by atomic mass is 10.0. The first-order chi connectivity index (χ1) is 11.4. The number of carbonyl (C=O) groups is 1. The monoisotopic (exact) mass is 351 g/mol. The average Bonchev–Trinajstić information content (AvgIpc) is 3.22. The maximum absolute atomic E-state index is 12.8. The number of esters is 1. The number of hydrogen-bond donors (Lipinski definition) is 1. The van der Waals surface area contributed by atoms with Gasteiger partial charge in [0.2, 0.25) is 10.0 Å². The van der Waals surface area contributed by atoms with E-state index in [1.807, 2.05) is 13.8 Å². The van der Waals surface area contributed by atoms with Gasteiger partial charge in [0.15, 0.2) is 0 Å². The summed E-state index contributed by atoms with van der Waals surface area (Å²) in [6.07, 6.45) is 1.70. The summed E-state index contributed by atoms with van der Waals surface area (Å²) in [7, 11) is -2.35. The molecule has 2 heterocycles. The molecule has 0 aliphatic carbocycles. The van der Waals surface area contributed by atoms with E-state index in [9.17, 15) is 13.2 Å². The number of benzene rings is 1. The van der Waals surface area contributed by atoms with Crippen molar-refractivity contribution in [2.24, 2.45) is 0 Å². The van der Waals surface area contributed by atoms with Gasteiger partial charge in [0.05, 0.1) is 23.1 Å². The van der Waals surface area contributed by atoms with Crippen molar-refractivity contribution in [3.63, 3.8) is 0 Å². The van der Waals surface area contributed by atoms with Gasteiger partial charge in [-0.15, -0.1) is 0 Å². The Kier molecular flexibility index (Phi) is 4.35. The molecule has 2 aromatic rings. The van der Waals surface area contributed by atoms with Gasteiger partial charge in [-0.3, -0.25) is 5.10 Å². The quantitative estimate of drug-likeness (QED) is 0.853. The molecule has 0 bridgehead atoms. The topological polar surface area (TPSA) is 92.4 Å². The van der Waals surface area contributed by atoms with E-state index in [1.54, 1.807) is 0 Å². The van der Waals surface area contributed by atoms with E-state index >= 15 is 0 Å². The molecule has 0 unspecified atom stereocenters. The van der Waals surface area contributed by atoms with Gasteiger partial charge in [0.25, 0.3) is 0 Å². The van der Waals surface area contributed by atoms with Crippen LogP contribution in [0.3, 0.4) is 0 Å². The molecule has 1 N–H and O–H groups in total. The minimum atomic E-state index is -3.63. The molecule has 1 aliphatic rings. The molecule has 1 aliphatic heterocycles. The predicted octanol–water partition coefficient (Wildman–Crippen LogP) is 2.26. The van der Waals surface area contributed by atoms with Crippen LogP contribution in [-0.4, -0.2) is 49.1 Å². The average molecular weight is 351 g/mol. The fourth-order valence-electron chi connectivity index (χ4n) is 3.06. The fourth-order valence-corrected chi connectivity index (χ4v) is 4.63. The highest BCUT2D eigenvalue weighted by atomic mass is 32.2. The van der Waals surface area contributed by atoms with Gasteiger partial charge in [0.1, 0.15) is 0 Å². The number of carbonyl (C=O) groups excluding carboxylic acids is 1. The highest BCUT2D eigenvalue weighted by Crippen LogP contribution is 2.31. The number of aromatic amines is 1. The van der Waals surface area contributed by atoms with Gasteiger partial charge in [-0.1, -0.05) is 13.8 Å². The lowest BCUT2D eigenvalue weighted by Crippen LogP contribution is -2.28. The first-order valence-electron chi connectivity index (χ1n) is 7.96. The Morgan fingerprint density at radius 1 is 1.29 bits per heavy atom. The van der Waals surface area contributed by atoms with Crippen molar-refractivity contribution in [1.82, 2.24) is 14.5 Å². The Balaban J connectivity index is 2.23. The summed E-state index contributed by atoms with van der Waals surface area (Å²) in [5.74, 6) is -0.457. The Morgan fingerprint density at radius 2 is 1.96 bits per heavy atom. The molecule has 7 nitrogen and oxygen atoms in total. The van der Waals surface area contributed by atoms with Gasteiger partial charge in [-0.05, 0) is 30.9 Å². The van der Waals surface area contributed by atoms with E-state index in [-0.39, 0.29) is 16.4 Å². The molecule has 0 amide bonds. The van der Waals surface area contributed by atoms with E-state index in [0.717, 1.165) is 18.5 Å². The minimum Gasteiger partial charge on any atom is -0.465 e. The van der Waals surface area contributed by atoms with Crippen molar-refractivity contribution in [3.05, 3.63) is 23.4 Å². The van der Waals surface area contributed by atoms with Crippen molar-refractivity contribution in [1.29, 1.82) is 0 Å². The SMILES string of the molecule is COC(=O)c1cc(S(=O)(=O)N2CCCC2)cc2n[nH]c(C(C)C)c12. The summed E-state index contributed by atoms with van der Waals surface area (Å²) in [5, 5.41) is 7.74. The summed E-state index contributed by atoms with van der Waals surface area (Å²) in [5.41, 5.74) is 1.47. The van der Waals surface area contributed by atoms with Crippen LogP contribution in [0.2, 0.25) is 0 Å². The van der Waals surface area contributed by atoms with Crippen LogP contribution < -0.4 is 0 Å². The van der Waals surface area contributed by atoms with Crippen molar-refractivity contribution >= 4 is 26.9 Å². The van der Waals surface area contributed by atoms with Crippen molar-refractivity contribution in [2.45, 2.75) is 37.5 Å². The second kappa shape index (κ2) is 6.18. The number of nitrogens with zero attached hydrogens (tertiary/aromatic N) is 2. The zero-order chi connectivity index (χ0) is 17.5. The molecule has 24 heavy (non-hydrogen) atoms. The molecule has 0 atom stereocenters. The summed E-state index contributed by atoms with van der Waals surface area (Å²) < 4.78 is 31.9. The molecule has 1 saturated heterocycles. The van der Waals surface area contributed by atoms with Crippen LogP contribution in [0, 0.1) is 0 Å². The molecule has 0 radical (unpaired) electrons. The van der Waals surface area contributed by atoms with E-state index in [2.05, 4.69) is 10.2 Å². The number of H-pyrrole nitrogens is 1. The second-order valence-electron chi connectivity index (χ2n) is 6.26. The molecule has 1 aromatic carbocycles. The van der Waals surface area contributed by atoms with E-state index in [1.165, 1.54) is 23.5 Å². The fraction of sp³-hybridized carbons (Fsp3) is 0.500. The second-order valence-corrected chi connectivity index (χ2v) is 8.20. The van der Waals surface area contributed by atoms with Gasteiger partial charge in [-0.25, -0.2) is 13.2 Å². The van der Waals surface area contributed by atoms with Crippen LogP contribution >= 0.6 is 0 Å². The number of fused-ring (bicyclic) bond motifs is 1. The maximum atomic E-state index is 12.8. The molecular weight excluding hydrogens is 330 g/mol. The van der Waals surface area contributed by atoms with Gasteiger partial charge < -0.3 is 4.74 Å². The molecule has 130 valence electrons. The Bertz CT molecular complexity index is 880. The van der Waals surface area contributed by atoms with E-state index in [4.69, 9.17) is 4.74 Å². The van der Waals surface area contributed by atoms with Crippen LogP contribution in [-0.2, 0) is 14.8 Å². The lowest BCUT2D eigenvalue weighted by Gasteiger charge is -2.16. The van der Waals surface area contributed by atoms with Crippen LogP contribution in [0.4, 0.5) is 0 Å². The number of rotatable bonds is 4. The summed E-state index contributed by atoms with van der Waals surface area (Å²) in [6, 6.07) is 2.93. The highest BCUT2D eigenvalue weighted by molar-refractivity contribution is 7.89. The third-order valence-corrected chi connectivity index (χ3v) is 6.22. The van der Waals surface area contributed by atoms with Crippen LogP contribution in [0.5, 0.6) is 0 Å². The molecule has 1 fully saturated rings. The number of aromatic nitrogens is 2. The van der Waals surface area contributed by atoms with Crippen molar-refractivity contribution < 1.29 is 17.9 Å². The number of nitrogens with one attached hydrogen (secondary N) is 1. The largest absolute Gasteiger partial charge is 0.465 e. The molecular formula is C16H21N3O4S.